The molecule has 0 bridgehead atoms. The molecule has 1 aromatic carbocycles. The van der Waals surface area contributed by atoms with Crippen molar-refractivity contribution in [2.24, 2.45) is 0 Å². The molecule has 27 heavy (non-hydrogen) atoms. The molecule has 1 aromatic heterocycles. The van der Waals surface area contributed by atoms with Crippen molar-refractivity contribution in [3.8, 4) is 11.5 Å². The SMILES string of the molecule is CCN(CCOc1ccccc1OC)C(=O)c1n[nH]c2c1C[C@H](C)O[C@@H]2C. The first-order valence-corrected chi connectivity index (χ1v) is 9.32. The molecule has 0 saturated carbocycles. The Morgan fingerprint density at radius 1 is 1.33 bits per heavy atom. The van der Waals surface area contributed by atoms with Crippen molar-refractivity contribution in [1.82, 2.24) is 15.1 Å². The molecule has 0 spiro atoms. The molecule has 1 aliphatic heterocycles. The van der Waals surface area contributed by atoms with Crippen molar-refractivity contribution in [3.63, 3.8) is 0 Å². The first-order chi connectivity index (χ1) is 13.0. The van der Waals surface area contributed by atoms with E-state index in [4.69, 9.17) is 14.2 Å². The summed E-state index contributed by atoms with van der Waals surface area (Å²) >= 11 is 0. The molecule has 2 atom stereocenters. The van der Waals surface area contributed by atoms with Crippen LogP contribution in [0.25, 0.3) is 0 Å². The van der Waals surface area contributed by atoms with Crippen LogP contribution in [0.15, 0.2) is 24.3 Å². The Bertz CT molecular complexity index is 789. The van der Waals surface area contributed by atoms with Crippen LogP contribution in [0.2, 0.25) is 0 Å². The Balaban J connectivity index is 1.67. The van der Waals surface area contributed by atoms with Crippen LogP contribution < -0.4 is 9.47 Å². The van der Waals surface area contributed by atoms with Gasteiger partial charge in [0.2, 0.25) is 0 Å². The third-order valence-corrected chi connectivity index (χ3v) is 4.79. The number of aromatic amines is 1. The number of hydrogen-bond acceptors (Lipinski definition) is 5. The second-order valence-corrected chi connectivity index (χ2v) is 6.64. The minimum absolute atomic E-state index is 0.0700. The molecule has 1 N–H and O–H groups in total. The maximum absolute atomic E-state index is 13.0. The molecule has 0 saturated heterocycles. The highest BCUT2D eigenvalue weighted by Crippen LogP contribution is 2.30. The molecule has 3 rings (SSSR count). The number of carbonyl (C=O) groups is 1. The van der Waals surface area contributed by atoms with E-state index in [9.17, 15) is 4.79 Å². The predicted molar refractivity (Wildman–Crippen MR) is 101 cm³/mol. The highest BCUT2D eigenvalue weighted by Gasteiger charge is 2.31. The molecule has 2 heterocycles. The molecular weight excluding hydrogens is 346 g/mol. The number of nitrogens with zero attached hydrogens (tertiary/aromatic N) is 2. The second kappa shape index (κ2) is 8.43. The summed E-state index contributed by atoms with van der Waals surface area (Å²) in [5.41, 5.74) is 2.36. The number of likely N-dealkylation sites (N-methyl/N-ethyl adjacent to an activating group) is 1. The summed E-state index contributed by atoms with van der Waals surface area (Å²) in [6.45, 7) is 7.36. The molecule has 1 amide bonds. The van der Waals surface area contributed by atoms with Gasteiger partial charge in [-0.25, -0.2) is 0 Å². The van der Waals surface area contributed by atoms with Crippen molar-refractivity contribution < 1.29 is 19.0 Å². The summed E-state index contributed by atoms with van der Waals surface area (Å²) in [4.78, 5) is 14.8. The lowest BCUT2D eigenvalue weighted by molar-refractivity contribution is -0.00702. The Labute approximate surface area is 159 Å². The van der Waals surface area contributed by atoms with Crippen molar-refractivity contribution in [1.29, 1.82) is 0 Å². The standard InChI is InChI=1S/C20H27N3O4/c1-5-23(10-11-26-17-9-7-6-8-16(17)25-4)20(24)19-15-12-13(2)27-14(3)18(15)21-22-19/h6-9,13-14H,5,10-12H2,1-4H3,(H,21,22)/t13-,14+/m0/s1. The first kappa shape index (κ1) is 19.2. The maximum Gasteiger partial charge on any atom is 0.274 e. The van der Waals surface area contributed by atoms with Crippen LogP contribution in [-0.4, -0.2) is 53.9 Å². The lowest BCUT2D eigenvalue weighted by Crippen LogP contribution is -2.35. The van der Waals surface area contributed by atoms with E-state index in [1.54, 1.807) is 12.0 Å². The van der Waals surface area contributed by atoms with Crippen LogP contribution in [0, 0.1) is 0 Å². The van der Waals surface area contributed by atoms with E-state index in [-0.39, 0.29) is 18.1 Å². The Morgan fingerprint density at radius 2 is 2.07 bits per heavy atom. The fourth-order valence-corrected chi connectivity index (χ4v) is 3.41. The smallest absolute Gasteiger partial charge is 0.274 e. The first-order valence-electron chi connectivity index (χ1n) is 9.32. The van der Waals surface area contributed by atoms with Crippen molar-refractivity contribution in [2.75, 3.05) is 26.8 Å². The summed E-state index contributed by atoms with van der Waals surface area (Å²) < 4.78 is 16.9. The molecule has 0 unspecified atom stereocenters. The Hall–Kier alpha value is -2.54. The number of amides is 1. The van der Waals surface area contributed by atoms with Crippen LogP contribution in [0.3, 0.4) is 0 Å². The van der Waals surface area contributed by atoms with Crippen molar-refractivity contribution in [2.45, 2.75) is 39.4 Å². The summed E-state index contributed by atoms with van der Waals surface area (Å²) in [6.07, 6.45) is 0.675. The van der Waals surface area contributed by atoms with Crippen LogP contribution >= 0.6 is 0 Å². The molecular formula is C20H27N3O4. The lowest BCUT2D eigenvalue weighted by atomic mass is 9.99. The van der Waals surface area contributed by atoms with Gasteiger partial charge in [0.05, 0.1) is 31.6 Å². The van der Waals surface area contributed by atoms with E-state index in [0.717, 1.165) is 11.3 Å². The normalized spacial score (nSPS) is 18.7. The van der Waals surface area contributed by atoms with Crippen LogP contribution in [0.4, 0.5) is 0 Å². The average Bonchev–Trinajstić information content (AvgIpc) is 3.09. The monoisotopic (exact) mass is 373 g/mol. The van der Waals surface area contributed by atoms with Gasteiger partial charge in [-0.15, -0.1) is 0 Å². The zero-order chi connectivity index (χ0) is 19.4. The predicted octanol–water partition coefficient (Wildman–Crippen LogP) is 2.98. The van der Waals surface area contributed by atoms with Crippen LogP contribution in [-0.2, 0) is 11.2 Å². The summed E-state index contributed by atoms with van der Waals surface area (Å²) in [5.74, 6) is 1.26. The average molecular weight is 373 g/mol. The molecule has 2 aromatic rings. The van der Waals surface area contributed by atoms with Crippen LogP contribution in [0.5, 0.6) is 11.5 Å². The van der Waals surface area contributed by atoms with Gasteiger partial charge in [0.1, 0.15) is 6.61 Å². The molecule has 7 nitrogen and oxygen atoms in total. The molecule has 7 heteroatoms. The van der Waals surface area contributed by atoms with E-state index in [1.165, 1.54) is 0 Å². The second-order valence-electron chi connectivity index (χ2n) is 6.64. The number of nitrogens with one attached hydrogen (secondary N) is 1. The fraction of sp³-hybridized carbons (Fsp3) is 0.500. The minimum Gasteiger partial charge on any atom is -0.493 e. The fourth-order valence-electron chi connectivity index (χ4n) is 3.41. The van der Waals surface area contributed by atoms with Gasteiger partial charge in [0.25, 0.3) is 5.91 Å². The van der Waals surface area contributed by atoms with Gasteiger partial charge in [-0.2, -0.15) is 5.10 Å². The third-order valence-electron chi connectivity index (χ3n) is 4.79. The number of H-pyrrole nitrogens is 1. The van der Waals surface area contributed by atoms with Crippen LogP contribution in [0.1, 0.15) is 48.6 Å². The van der Waals surface area contributed by atoms with Gasteiger partial charge in [-0.05, 0) is 32.9 Å². The maximum atomic E-state index is 13.0. The molecule has 0 fully saturated rings. The molecule has 0 radical (unpaired) electrons. The van der Waals surface area contributed by atoms with E-state index in [0.29, 0.717) is 43.3 Å². The number of methoxy groups -OCH3 is 1. The number of para-hydroxylation sites is 2. The van der Waals surface area contributed by atoms with E-state index < -0.39 is 0 Å². The summed E-state index contributed by atoms with van der Waals surface area (Å²) in [6, 6.07) is 7.48. The van der Waals surface area contributed by atoms with Gasteiger partial charge in [0, 0.05) is 18.5 Å². The number of aromatic nitrogens is 2. The van der Waals surface area contributed by atoms with Gasteiger partial charge in [-0.1, -0.05) is 12.1 Å². The molecule has 0 aliphatic carbocycles. The molecule has 146 valence electrons. The summed E-state index contributed by atoms with van der Waals surface area (Å²) in [7, 11) is 1.61. The zero-order valence-corrected chi connectivity index (χ0v) is 16.3. The lowest BCUT2D eigenvalue weighted by Gasteiger charge is -2.26. The van der Waals surface area contributed by atoms with Crippen molar-refractivity contribution in [3.05, 3.63) is 41.2 Å². The number of benzene rings is 1. The number of rotatable bonds is 7. The van der Waals surface area contributed by atoms with Crippen molar-refractivity contribution >= 4 is 5.91 Å². The highest BCUT2D eigenvalue weighted by atomic mass is 16.5. The highest BCUT2D eigenvalue weighted by molar-refractivity contribution is 5.94. The quantitative estimate of drug-likeness (QED) is 0.807. The Morgan fingerprint density at radius 3 is 2.78 bits per heavy atom. The zero-order valence-electron chi connectivity index (χ0n) is 16.3. The number of fused-ring (bicyclic) bond motifs is 1. The minimum atomic E-state index is -0.0834. The van der Waals surface area contributed by atoms with E-state index in [1.807, 2.05) is 45.0 Å². The van der Waals surface area contributed by atoms with E-state index >= 15 is 0 Å². The number of carbonyl (C=O) groups excluding carboxylic acids is 1. The number of ether oxygens (including phenoxy) is 3. The Kier molecular flexibility index (Phi) is 6.01. The largest absolute Gasteiger partial charge is 0.493 e. The van der Waals surface area contributed by atoms with Gasteiger partial charge in [-0.3, -0.25) is 9.89 Å². The van der Waals surface area contributed by atoms with Gasteiger partial charge >= 0.3 is 0 Å². The summed E-state index contributed by atoms with van der Waals surface area (Å²) in [5, 5.41) is 7.27. The van der Waals surface area contributed by atoms with Gasteiger partial charge in [0.15, 0.2) is 17.2 Å². The number of hydrogen-bond donors (Lipinski definition) is 1. The van der Waals surface area contributed by atoms with E-state index in [2.05, 4.69) is 10.2 Å². The molecule has 1 aliphatic rings. The third kappa shape index (κ3) is 4.08. The van der Waals surface area contributed by atoms with Gasteiger partial charge < -0.3 is 19.1 Å². The topological polar surface area (TPSA) is 76.7 Å².